The van der Waals surface area contributed by atoms with E-state index in [1.54, 1.807) is 31.5 Å². The molecule has 3 aromatic rings. The summed E-state index contributed by atoms with van der Waals surface area (Å²) in [6.45, 7) is 0.430. The van der Waals surface area contributed by atoms with E-state index in [4.69, 9.17) is 18.7 Å². The van der Waals surface area contributed by atoms with E-state index in [1.165, 1.54) is 18.9 Å². The molecule has 1 N–H and O–H groups in total. The highest BCUT2D eigenvalue weighted by Crippen LogP contribution is 2.53. The number of nitrogens with zero attached hydrogens (tertiary/aromatic N) is 2. The van der Waals surface area contributed by atoms with E-state index in [2.05, 4.69) is 10.6 Å². The van der Waals surface area contributed by atoms with E-state index in [9.17, 15) is 13.2 Å². The van der Waals surface area contributed by atoms with Gasteiger partial charge in [-0.1, -0.05) is 11.7 Å². The monoisotopic (exact) mass is 503 g/mol. The summed E-state index contributed by atoms with van der Waals surface area (Å²) in [6.07, 6.45) is 1.55. The lowest BCUT2D eigenvalue weighted by Crippen LogP contribution is -2.59. The Morgan fingerprint density at radius 1 is 1.06 bits per heavy atom. The number of hydrogen-bond acceptors (Lipinski definition) is 7. The Bertz CT molecular complexity index is 1270. The quantitative estimate of drug-likeness (QED) is 0.455. The molecule has 1 spiro atoms. The molecule has 1 aromatic heterocycles. The summed E-state index contributed by atoms with van der Waals surface area (Å²) in [7, 11) is 3.21. The second-order valence-electron chi connectivity index (χ2n) is 9.83. The van der Waals surface area contributed by atoms with Crippen LogP contribution in [0.3, 0.4) is 0 Å². The third-order valence-electron chi connectivity index (χ3n) is 7.97. The van der Waals surface area contributed by atoms with Crippen molar-refractivity contribution in [3.8, 4) is 11.5 Å². The van der Waals surface area contributed by atoms with Crippen molar-refractivity contribution < 1.29 is 31.9 Å². The number of hydrazine groups is 2. The number of alkyl halides is 3. The minimum Gasteiger partial charge on any atom is -0.497 e. The van der Waals surface area contributed by atoms with Gasteiger partial charge in [0.05, 0.1) is 26.5 Å². The first kappa shape index (κ1) is 23.4. The standard InChI is InChI=1S/C26H28F3N3O4/c1-33-20-9-5-17(24(12-20)34-2)14-31-25(13-16-3-6-18(25)7-4-16)36-30-32(31)19-8-10-23-21(11-19)22(15-35-23)26(27,28)29/h5,8-12,15-16,18,30H,3-4,6-7,13-14H2,1-2H3/t16?,18?,25-/m1/s1. The largest absolute Gasteiger partial charge is 0.497 e. The first-order chi connectivity index (χ1) is 17.3. The topological polar surface area (TPSA) is 59.3 Å². The zero-order valence-electron chi connectivity index (χ0n) is 20.1. The molecule has 1 saturated heterocycles. The summed E-state index contributed by atoms with van der Waals surface area (Å²) in [6, 6.07) is 10.4. The molecule has 7 nitrogen and oxygen atoms in total. The number of benzene rings is 2. The first-order valence-corrected chi connectivity index (χ1v) is 12.1. The minimum atomic E-state index is -4.52. The first-order valence-electron chi connectivity index (χ1n) is 12.1. The molecule has 10 heteroatoms. The zero-order chi connectivity index (χ0) is 25.1. The molecule has 2 heterocycles. The summed E-state index contributed by atoms with van der Waals surface area (Å²) in [5.74, 6) is 2.19. The van der Waals surface area contributed by atoms with Gasteiger partial charge in [0, 0.05) is 22.9 Å². The predicted octanol–water partition coefficient (Wildman–Crippen LogP) is 6.05. The van der Waals surface area contributed by atoms with Crippen LogP contribution in [0.25, 0.3) is 11.0 Å². The van der Waals surface area contributed by atoms with Crippen LogP contribution in [-0.4, -0.2) is 25.0 Å². The van der Waals surface area contributed by atoms with Crippen molar-refractivity contribution in [2.75, 3.05) is 19.3 Å². The van der Waals surface area contributed by atoms with Crippen LogP contribution >= 0.6 is 0 Å². The number of fused-ring (bicyclic) bond motifs is 3. The molecule has 1 aliphatic heterocycles. The van der Waals surface area contributed by atoms with E-state index in [1.807, 2.05) is 18.2 Å². The van der Waals surface area contributed by atoms with E-state index in [0.29, 0.717) is 35.6 Å². The van der Waals surface area contributed by atoms with Crippen molar-refractivity contribution in [3.63, 3.8) is 0 Å². The summed E-state index contributed by atoms with van der Waals surface area (Å²) in [5.41, 5.74) is 3.27. The molecule has 192 valence electrons. The van der Waals surface area contributed by atoms with Gasteiger partial charge in [0.15, 0.2) is 5.72 Å². The summed E-state index contributed by atoms with van der Waals surface area (Å²) in [4.78, 5) is 6.37. The van der Waals surface area contributed by atoms with Crippen LogP contribution in [0.1, 0.15) is 43.2 Å². The van der Waals surface area contributed by atoms with Crippen LogP contribution in [0.5, 0.6) is 11.5 Å². The molecular weight excluding hydrogens is 475 g/mol. The molecule has 2 bridgehead atoms. The maximum atomic E-state index is 13.6. The lowest BCUT2D eigenvalue weighted by molar-refractivity contribution is -0.201. The van der Waals surface area contributed by atoms with Gasteiger partial charge < -0.3 is 13.9 Å². The molecular formula is C26H28F3N3O4. The van der Waals surface area contributed by atoms with E-state index in [0.717, 1.165) is 31.1 Å². The Morgan fingerprint density at radius 3 is 2.53 bits per heavy atom. The van der Waals surface area contributed by atoms with Crippen molar-refractivity contribution >= 4 is 16.7 Å². The Kier molecular flexibility index (Phi) is 5.58. The van der Waals surface area contributed by atoms with Crippen LogP contribution in [-0.2, 0) is 17.6 Å². The van der Waals surface area contributed by atoms with Gasteiger partial charge in [0.2, 0.25) is 0 Å². The second-order valence-corrected chi connectivity index (χ2v) is 9.83. The Labute approximate surface area is 206 Å². The Morgan fingerprint density at radius 2 is 1.86 bits per heavy atom. The van der Waals surface area contributed by atoms with Crippen LogP contribution in [0.15, 0.2) is 47.1 Å². The van der Waals surface area contributed by atoms with Crippen LogP contribution < -0.4 is 20.2 Å². The average molecular weight is 504 g/mol. The number of rotatable bonds is 5. The third-order valence-corrected chi connectivity index (χ3v) is 7.97. The number of methoxy groups -OCH3 is 2. The smallest absolute Gasteiger partial charge is 0.420 e. The molecule has 0 amide bonds. The highest BCUT2D eigenvalue weighted by Gasteiger charge is 2.58. The lowest BCUT2D eigenvalue weighted by atomic mass is 9.65. The molecule has 3 saturated carbocycles. The highest BCUT2D eigenvalue weighted by atomic mass is 19.4. The van der Waals surface area contributed by atoms with E-state index in [-0.39, 0.29) is 11.0 Å². The average Bonchev–Trinajstić information content (AvgIpc) is 3.46. The lowest BCUT2D eigenvalue weighted by Gasteiger charge is -2.51. The summed E-state index contributed by atoms with van der Waals surface area (Å²) in [5, 5.41) is 3.86. The molecule has 4 aliphatic rings. The van der Waals surface area contributed by atoms with E-state index >= 15 is 0 Å². The van der Waals surface area contributed by atoms with Crippen LogP contribution in [0, 0.1) is 11.8 Å². The fourth-order valence-electron chi connectivity index (χ4n) is 6.14. The molecule has 7 rings (SSSR count). The van der Waals surface area contributed by atoms with Crippen molar-refractivity contribution in [2.24, 2.45) is 11.8 Å². The zero-order valence-corrected chi connectivity index (χ0v) is 20.1. The number of anilines is 1. The predicted molar refractivity (Wildman–Crippen MR) is 126 cm³/mol. The number of ether oxygens (including phenoxy) is 2. The van der Waals surface area contributed by atoms with Crippen LogP contribution in [0.2, 0.25) is 0 Å². The van der Waals surface area contributed by atoms with Crippen molar-refractivity contribution in [2.45, 2.75) is 50.6 Å². The summed E-state index contributed by atoms with van der Waals surface area (Å²) < 4.78 is 57.0. The van der Waals surface area contributed by atoms with Gasteiger partial charge in [-0.25, -0.2) is 5.12 Å². The van der Waals surface area contributed by atoms with E-state index < -0.39 is 17.5 Å². The molecule has 36 heavy (non-hydrogen) atoms. The molecule has 1 atom stereocenters. The summed E-state index contributed by atoms with van der Waals surface area (Å²) >= 11 is 0. The van der Waals surface area contributed by atoms with Crippen molar-refractivity contribution in [1.82, 2.24) is 10.6 Å². The number of halogens is 3. The highest BCUT2D eigenvalue weighted by molar-refractivity contribution is 5.85. The van der Waals surface area contributed by atoms with Crippen LogP contribution in [0.4, 0.5) is 18.9 Å². The Hall–Kier alpha value is -2.95. The number of furan rings is 1. The van der Waals surface area contributed by atoms with Gasteiger partial charge in [-0.15, -0.1) is 0 Å². The fourth-order valence-corrected chi connectivity index (χ4v) is 6.14. The molecule has 3 aliphatic carbocycles. The van der Waals surface area contributed by atoms with Gasteiger partial charge in [0.1, 0.15) is 28.9 Å². The molecule has 2 aromatic carbocycles. The normalized spacial score (nSPS) is 26.3. The number of hydrogen-bond donors (Lipinski definition) is 1. The van der Waals surface area contributed by atoms with Crippen molar-refractivity contribution in [1.29, 1.82) is 0 Å². The minimum absolute atomic E-state index is 0.00916. The van der Waals surface area contributed by atoms with Crippen molar-refractivity contribution in [3.05, 3.63) is 53.8 Å². The molecule has 0 radical (unpaired) electrons. The maximum Gasteiger partial charge on any atom is 0.420 e. The SMILES string of the molecule is COc1ccc(CN2N(c3ccc4occ(C(F)(F)F)c4c3)NO[C@@]23CC2CCC3CC2)c(OC)c1. The van der Waals surface area contributed by atoms with Gasteiger partial charge in [0.25, 0.3) is 0 Å². The van der Waals surface area contributed by atoms with Gasteiger partial charge in [-0.05, 0) is 62.3 Å². The van der Waals surface area contributed by atoms with Gasteiger partial charge in [-0.3, -0.25) is 4.84 Å². The third kappa shape index (κ3) is 3.70. The Balaban J connectivity index is 1.43. The fraction of sp³-hybridized carbons (Fsp3) is 0.462. The van der Waals surface area contributed by atoms with Gasteiger partial charge >= 0.3 is 6.18 Å². The second kappa shape index (κ2) is 8.57. The number of nitrogens with one attached hydrogen (secondary N) is 1. The molecule has 0 unspecified atom stereocenters. The molecule has 4 fully saturated rings. The van der Waals surface area contributed by atoms with Gasteiger partial charge in [-0.2, -0.15) is 18.2 Å². The maximum absolute atomic E-state index is 13.6.